The fraction of sp³-hybridized carbons (Fsp3) is 0.750. The summed E-state index contributed by atoms with van der Waals surface area (Å²) in [6, 6.07) is 0. The highest BCUT2D eigenvalue weighted by molar-refractivity contribution is 7.88. The summed E-state index contributed by atoms with van der Waals surface area (Å²) in [5.41, 5.74) is 0. The zero-order chi connectivity index (χ0) is 9.73. The third-order valence-electron chi connectivity index (χ3n) is 1.82. The fourth-order valence-corrected chi connectivity index (χ4v) is 1.86. The van der Waals surface area contributed by atoms with Crippen LogP contribution in [0.15, 0.2) is 0 Å². The second-order valence-corrected chi connectivity index (χ2v) is 4.96. The molecule has 0 aromatic rings. The molecule has 0 unspecified atom stereocenters. The van der Waals surface area contributed by atoms with Gasteiger partial charge in [-0.3, -0.25) is 0 Å². The highest BCUT2D eigenvalue weighted by atomic mass is 35.5. The Bertz CT molecular complexity index is 318. The van der Waals surface area contributed by atoms with E-state index in [0.717, 1.165) is 13.0 Å². The minimum Gasteiger partial charge on any atom is -0.306 e. The van der Waals surface area contributed by atoms with Crippen LogP contribution >= 0.6 is 12.4 Å². The molecule has 1 N–H and O–H groups in total. The normalized spacial score (nSPS) is 19.2. The van der Waals surface area contributed by atoms with Gasteiger partial charge in [-0.2, -0.15) is 4.31 Å². The maximum absolute atomic E-state index is 11.2. The molecule has 82 valence electrons. The van der Waals surface area contributed by atoms with Crippen LogP contribution in [0.3, 0.4) is 0 Å². The Morgan fingerprint density at radius 1 is 1.36 bits per heavy atom. The van der Waals surface area contributed by atoms with E-state index in [1.165, 1.54) is 10.6 Å². The molecule has 0 aromatic carbocycles. The SMILES string of the molecule is CS(=O)(=O)N1CC#CCNCCC1.Cl. The van der Waals surface area contributed by atoms with Crippen molar-refractivity contribution in [3.05, 3.63) is 0 Å². The molecule has 1 rings (SSSR count). The molecular weight excluding hydrogens is 224 g/mol. The van der Waals surface area contributed by atoms with Crippen molar-refractivity contribution in [2.45, 2.75) is 6.42 Å². The Hall–Kier alpha value is -0.280. The van der Waals surface area contributed by atoms with Crippen molar-refractivity contribution in [3.63, 3.8) is 0 Å². The molecule has 6 heteroatoms. The molecule has 14 heavy (non-hydrogen) atoms. The van der Waals surface area contributed by atoms with E-state index < -0.39 is 10.0 Å². The molecule has 0 saturated carbocycles. The summed E-state index contributed by atoms with van der Waals surface area (Å²) in [5, 5.41) is 3.10. The van der Waals surface area contributed by atoms with Crippen LogP contribution in [-0.4, -0.2) is 45.2 Å². The molecular formula is C8H15ClN2O2S. The van der Waals surface area contributed by atoms with Crippen molar-refractivity contribution in [2.75, 3.05) is 32.4 Å². The molecule has 0 bridgehead atoms. The molecule has 0 aromatic heterocycles. The molecule has 0 amide bonds. The number of hydrogen-bond acceptors (Lipinski definition) is 3. The minimum atomic E-state index is -3.08. The van der Waals surface area contributed by atoms with Crippen LogP contribution in [0, 0.1) is 11.8 Å². The monoisotopic (exact) mass is 238 g/mol. The van der Waals surface area contributed by atoms with Gasteiger partial charge in [0.25, 0.3) is 0 Å². The van der Waals surface area contributed by atoms with E-state index in [1.54, 1.807) is 0 Å². The van der Waals surface area contributed by atoms with E-state index in [1.807, 2.05) is 0 Å². The summed E-state index contributed by atoms with van der Waals surface area (Å²) in [7, 11) is -3.08. The van der Waals surface area contributed by atoms with E-state index in [2.05, 4.69) is 17.2 Å². The number of nitrogens with zero attached hydrogens (tertiary/aromatic N) is 1. The molecule has 0 atom stereocenters. The van der Waals surface area contributed by atoms with Gasteiger partial charge < -0.3 is 5.32 Å². The summed E-state index contributed by atoms with van der Waals surface area (Å²) in [6.45, 7) is 2.35. The zero-order valence-electron chi connectivity index (χ0n) is 8.12. The Labute approximate surface area is 91.5 Å². The molecule has 0 spiro atoms. The Morgan fingerprint density at radius 3 is 2.71 bits per heavy atom. The zero-order valence-corrected chi connectivity index (χ0v) is 9.75. The molecule has 1 aliphatic rings. The molecule has 0 saturated heterocycles. The van der Waals surface area contributed by atoms with Gasteiger partial charge in [0.15, 0.2) is 0 Å². The Kier molecular flexibility index (Phi) is 6.12. The summed E-state index contributed by atoms with van der Waals surface area (Å²) >= 11 is 0. The van der Waals surface area contributed by atoms with Crippen LogP contribution in [0.2, 0.25) is 0 Å². The van der Waals surface area contributed by atoms with Gasteiger partial charge in [0.05, 0.1) is 19.3 Å². The van der Waals surface area contributed by atoms with Crippen LogP contribution in [0.25, 0.3) is 0 Å². The van der Waals surface area contributed by atoms with E-state index in [9.17, 15) is 8.42 Å². The van der Waals surface area contributed by atoms with Gasteiger partial charge in [-0.15, -0.1) is 12.4 Å². The quantitative estimate of drug-likeness (QED) is 0.637. The fourth-order valence-electron chi connectivity index (χ4n) is 1.10. The van der Waals surface area contributed by atoms with Crippen LogP contribution in [0.5, 0.6) is 0 Å². The van der Waals surface area contributed by atoms with E-state index in [4.69, 9.17) is 0 Å². The van der Waals surface area contributed by atoms with Crippen molar-refractivity contribution in [3.8, 4) is 11.8 Å². The van der Waals surface area contributed by atoms with Crippen LogP contribution in [-0.2, 0) is 10.0 Å². The van der Waals surface area contributed by atoms with Crippen molar-refractivity contribution in [1.82, 2.24) is 9.62 Å². The maximum atomic E-state index is 11.2. The van der Waals surface area contributed by atoms with Crippen molar-refractivity contribution in [2.24, 2.45) is 0 Å². The summed E-state index contributed by atoms with van der Waals surface area (Å²) in [6.07, 6.45) is 2.05. The molecule has 1 aliphatic heterocycles. The van der Waals surface area contributed by atoms with Gasteiger partial charge >= 0.3 is 0 Å². The Balaban J connectivity index is 0.00000169. The predicted octanol–water partition coefficient (Wildman–Crippen LogP) is -0.334. The van der Waals surface area contributed by atoms with E-state index in [-0.39, 0.29) is 12.4 Å². The summed E-state index contributed by atoms with van der Waals surface area (Å²) < 4.78 is 23.8. The van der Waals surface area contributed by atoms with Crippen LogP contribution in [0.4, 0.5) is 0 Å². The average molecular weight is 239 g/mol. The number of sulfonamides is 1. The number of rotatable bonds is 1. The van der Waals surface area contributed by atoms with Gasteiger partial charge in [0.1, 0.15) is 0 Å². The molecule has 1 heterocycles. The largest absolute Gasteiger partial charge is 0.306 e. The summed E-state index contributed by atoms with van der Waals surface area (Å²) in [5.74, 6) is 5.68. The topological polar surface area (TPSA) is 49.4 Å². The highest BCUT2D eigenvalue weighted by Gasteiger charge is 2.14. The van der Waals surface area contributed by atoms with Crippen LogP contribution in [0.1, 0.15) is 6.42 Å². The molecule has 0 radical (unpaired) electrons. The highest BCUT2D eigenvalue weighted by Crippen LogP contribution is 1.98. The van der Waals surface area contributed by atoms with E-state index >= 15 is 0 Å². The van der Waals surface area contributed by atoms with Gasteiger partial charge in [0, 0.05) is 6.54 Å². The summed E-state index contributed by atoms with van der Waals surface area (Å²) in [4.78, 5) is 0. The van der Waals surface area contributed by atoms with Gasteiger partial charge in [0.2, 0.25) is 10.0 Å². The van der Waals surface area contributed by atoms with Gasteiger partial charge in [-0.25, -0.2) is 8.42 Å². The predicted molar refractivity (Wildman–Crippen MR) is 58.9 cm³/mol. The molecule has 0 aliphatic carbocycles. The van der Waals surface area contributed by atoms with Crippen molar-refractivity contribution in [1.29, 1.82) is 0 Å². The lowest BCUT2D eigenvalue weighted by atomic mass is 10.4. The first-order valence-corrected chi connectivity index (χ1v) is 6.07. The lowest BCUT2D eigenvalue weighted by molar-refractivity contribution is 0.441. The van der Waals surface area contributed by atoms with Gasteiger partial charge in [-0.05, 0) is 13.0 Å². The maximum Gasteiger partial charge on any atom is 0.212 e. The van der Waals surface area contributed by atoms with Gasteiger partial charge in [-0.1, -0.05) is 11.8 Å². The third-order valence-corrected chi connectivity index (χ3v) is 3.07. The first-order valence-electron chi connectivity index (χ1n) is 4.22. The average Bonchev–Trinajstić information content (AvgIpc) is 2.14. The molecule has 0 fully saturated rings. The number of nitrogens with one attached hydrogen (secondary N) is 1. The van der Waals surface area contributed by atoms with Crippen molar-refractivity contribution >= 4 is 22.4 Å². The van der Waals surface area contributed by atoms with Crippen LogP contribution < -0.4 is 5.32 Å². The number of hydrogen-bond donors (Lipinski definition) is 1. The first-order chi connectivity index (χ1) is 6.11. The molecule has 4 nitrogen and oxygen atoms in total. The van der Waals surface area contributed by atoms with E-state index in [0.29, 0.717) is 19.6 Å². The lowest BCUT2D eigenvalue weighted by Crippen LogP contribution is -2.32. The second kappa shape index (κ2) is 6.25. The standard InChI is InChI=1S/C8H14N2O2S.ClH/c1-13(11,12)10-7-3-2-5-9-6-4-8-10;/h9H,4-8H2,1H3;1H. The third kappa shape index (κ3) is 4.82. The van der Waals surface area contributed by atoms with Crippen molar-refractivity contribution < 1.29 is 8.42 Å². The minimum absolute atomic E-state index is 0. The number of halogens is 1. The Morgan fingerprint density at radius 2 is 2.07 bits per heavy atom. The second-order valence-electron chi connectivity index (χ2n) is 2.98. The first kappa shape index (κ1) is 13.7. The smallest absolute Gasteiger partial charge is 0.212 e. The lowest BCUT2D eigenvalue weighted by Gasteiger charge is -2.16.